The summed E-state index contributed by atoms with van der Waals surface area (Å²) in [6, 6.07) is 15.1. The predicted molar refractivity (Wildman–Crippen MR) is 117 cm³/mol. The van der Waals surface area contributed by atoms with Crippen molar-refractivity contribution < 1.29 is 8.94 Å². The summed E-state index contributed by atoms with van der Waals surface area (Å²) >= 11 is -1.49. The van der Waals surface area contributed by atoms with Gasteiger partial charge in [0.05, 0.1) is 23.1 Å². The number of anilines is 1. The number of fused-ring (bicyclic) bond motifs is 1. The summed E-state index contributed by atoms with van der Waals surface area (Å²) in [7, 11) is 1.88. The Morgan fingerprint density at radius 3 is 2.42 bits per heavy atom. The molecule has 0 spiro atoms. The molecule has 0 fully saturated rings. The summed E-state index contributed by atoms with van der Waals surface area (Å²) < 4.78 is 32.0. The predicted octanol–water partition coefficient (Wildman–Crippen LogP) is 4.07. The van der Waals surface area contributed by atoms with Crippen LogP contribution < -0.4 is 4.72 Å². The lowest BCUT2D eigenvalue weighted by atomic mass is 10.1. The number of halogens is 1. The van der Waals surface area contributed by atoms with Gasteiger partial charge in [0.1, 0.15) is 23.5 Å². The number of rotatable bonds is 5. The first-order valence-corrected chi connectivity index (χ1v) is 10.6. The summed E-state index contributed by atoms with van der Waals surface area (Å²) in [6.45, 7) is 0. The molecule has 0 amide bonds. The van der Waals surface area contributed by atoms with Crippen LogP contribution in [0.25, 0.3) is 27.9 Å². The van der Waals surface area contributed by atoms with Crippen LogP contribution in [0, 0.1) is 5.82 Å². The van der Waals surface area contributed by atoms with Crippen LogP contribution in [-0.2, 0) is 18.4 Å². The lowest BCUT2D eigenvalue weighted by Gasteiger charge is -2.12. The largest absolute Gasteiger partial charge is 0.588 e. The molecule has 0 saturated carbocycles. The van der Waals surface area contributed by atoms with Crippen LogP contribution >= 0.6 is 0 Å². The van der Waals surface area contributed by atoms with Gasteiger partial charge in [-0.05, 0) is 42.5 Å². The Kier molecular flexibility index (Phi) is 4.89. The SMILES string of the molecule is Cn1cc(-c2cc3c(-c4ccc(N[S+]([O-])c5ccc(F)cc5)cc4)ncnn3c2)cn1. The van der Waals surface area contributed by atoms with Crippen LogP contribution in [0.15, 0.2) is 84.4 Å². The zero-order valence-corrected chi connectivity index (χ0v) is 17.3. The van der Waals surface area contributed by atoms with Crippen molar-refractivity contribution in [2.75, 3.05) is 4.72 Å². The van der Waals surface area contributed by atoms with Gasteiger partial charge in [-0.2, -0.15) is 10.2 Å². The van der Waals surface area contributed by atoms with E-state index in [2.05, 4.69) is 19.9 Å². The van der Waals surface area contributed by atoms with Gasteiger partial charge in [-0.1, -0.05) is 12.1 Å². The Bertz CT molecular complexity index is 1350. The fourth-order valence-corrected chi connectivity index (χ4v) is 4.15. The molecule has 7 nitrogen and oxygen atoms in total. The van der Waals surface area contributed by atoms with Crippen LogP contribution in [-0.4, -0.2) is 28.9 Å². The number of nitrogens with zero attached hydrogens (tertiary/aromatic N) is 5. The van der Waals surface area contributed by atoms with Crippen molar-refractivity contribution in [1.82, 2.24) is 24.4 Å². The van der Waals surface area contributed by atoms with E-state index in [0.29, 0.717) is 10.6 Å². The first-order chi connectivity index (χ1) is 15.1. The Morgan fingerprint density at radius 1 is 0.935 bits per heavy atom. The highest BCUT2D eigenvalue weighted by Gasteiger charge is 2.14. The number of aromatic nitrogens is 5. The molecule has 0 aliphatic carbocycles. The van der Waals surface area contributed by atoms with Crippen LogP contribution in [0.1, 0.15) is 0 Å². The van der Waals surface area contributed by atoms with Crippen molar-refractivity contribution >= 4 is 22.6 Å². The molecule has 0 aliphatic heterocycles. The van der Waals surface area contributed by atoms with Gasteiger partial charge in [0.15, 0.2) is 4.90 Å². The minimum absolute atomic E-state index is 0.363. The number of benzene rings is 2. The van der Waals surface area contributed by atoms with Crippen molar-refractivity contribution in [1.29, 1.82) is 0 Å². The van der Waals surface area contributed by atoms with E-state index >= 15 is 0 Å². The van der Waals surface area contributed by atoms with Crippen molar-refractivity contribution in [2.45, 2.75) is 4.90 Å². The van der Waals surface area contributed by atoms with Crippen molar-refractivity contribution in [3.05, 3.63) is 85.3 Å². The average molecular weight is 432 g/mol. The normalized spacial score (nSPS) is 12.2. The van der Waals surface area contributed by atoms with Crippen LogP contribution in [0.5, 0.6) is 0 Å². The highest BCUT2D eigenvalue weighted by Crippen LogP contribution is 2.28. The van der Waals surface area contributed by atoms with Crippen LogP contribution in [0.3, 0.4) is 0 Å². The summed E-state index contributed by atoms with van der Waals surface area (Å²) in [5, 5.41) is 8.54. The van der Waals surface area contributed by atoms with Gasteiger partial charge in [0.2, 0.25) is 0 Å². The molecule has 1 N–H and O–H groups in total. The number of nitrogens with one attached hydrogen (secondary N) is 1. The van der Waals surface area contributed by atoms with Gasteiger partial charge in [-0.25, -0.2) is 18.6 Å². The first-order valence-electron chi connectivity index (χ1n) is 9.44. The second-order valence-corrected chi connectivity index (χ2v) is 8.18. The Labute approximate surface area is 180 Å². The maximum absolute atomic E-state index is 13.1. The third-order valence-electron chi connectivity index (χ3n) is 4.84. The highest BCUT2D eigenvalue weighted by atomic mass is 32.2. The minimum atomic E-state index is -1.49. The minimum Gasteiger partial charge on any atom is -0.588 e. The van der Waals surface area contributed by atoms with E-state index in [0.717, 1.165) is 27.9 Å². The second kappa shape index (κ2) is 7.86. The van der Waals surface area contributed by atoms with Gasteiger partial charge in [0, 0.05) is 36.1 Å². The topological polar surface area (TPSA) is 83.1 Å². The fraction of sp³-hybridized carbons (Fsp3) is 0.0455. The van der Waals surface area contributed by atoms with E-state index in [1.54, 1.807) is 9.20 Å². The molecular formula is C22H17FN6OS. The molecule has 5 aromatic rings. The van der Waals surface area contributed by atoms with Gasteiger partial charge < -0.3 is 4.55 Å². The Hall–Kier alpha value is -3.69. The lowest BCUT2D eigenvalue weighted by Crippen LogP contribution is -2.12. The van der Waals surface area contributed by atoms with Gasteiger partial charge in [-0.15, -0.1) is 0 Å². The molecule has 0 aliphatic rings. The standard InChI is InChI=1S/C22H17FN6OS/c1-28-12-17(11-25-28)16-10-21-22(24-14-26-29(21)13-16)15-2-6-19(7-3-15)27-31(30)20-8-4-18(23)5-9-20/h2-14,27H,1H3. The zero-order valence-electron chi connectivity index (χ0n) is 16.4. The molecule has 3 heterocycles. The maximum atomic E-state index is 13.1. The van der Waals surface area contributed by atoms with E-state index in [4.69, 9.17) is 0 Å². The van der Waals surface area contributed by atoms with Crippen molar-refractivity contribution in [3.63, 3.8) is 0 Å². The maximum Gasteiger partial charge on any atom is 0.180 e. The molecule has 1 unspecified atom stereocenters. The summed E-state index contributed by atoms with van der Waals surface area (Å²) in [5.74, 6) is -0.363. The third-order valence-corrected chi connectivity index (χ3v) is 5.96. The number of hydrogen-bond donors (Lipinski definition) is 1. The molecule has 31 heavy (non-hydrogen) atoms. The third kappa shape index (κ3) is 3.88. The fourth-order valence-electron chi connectivity index (χ4n) is 3.30. The van der Waals surface area contributed by atoms with E-state index in [1.165, 1.54) is 30.6 Å². The van der Waals surface area contributed by atoms with E-state index < -0.39 is 11.4 Å². The van der Waals surface area contributed by atoms with Crippen LogP contribution in [0.4, 0.5) is 10.1 Å². The lowest BCUT2D eigenvalue weighted by molar-refractivity contribution is 0.598. The molecule has 9 heteroatoms. The molecule has 154 valence electrons. The molecule has 1 atom stereocenters. The first kappa shape index (κ1) is 19.3. The van der Waals surface area contributed by atoms with Crippen molar-refractivity contribution in [3.8, 4) is 22.4 Å². The molecule has 5 rings (SSSR count). The van der Waals surface area contributed by atoms with Gasteiger partial charge in [0.25, 0.3) is 0 Å². The van der Waals surface area contributed by atoms with Crippen molar-refractivity contribution in [2.24, 2.45) is 7.05 Å². The molecule has 0 saturated heterocycles. The zero-order chi connectivity index (χ0) is 21.4. The van der Waals surface area contributed by atoms with Gasteiger partial charge >= 0.3 is 0 Å². The highest BCUT2D eigenvalue weighted by molar-refractivity contribution is 7.92. The van der Waals surface area contributed by atoms with E-state index in [-0.39, 0.29) is 5.82 Å². The molecular weight excluding hydrogens is 415 g/mol. The van der Waals surface area contributed by atoms with E-state index in [1.807, 2.05) is 56.0 Å². The molecule has 0 bridgehead atoms. The van der Waals surface area contributed by atoms with E-state index in [9.17, 15) is 8.94 Å². The monoisotopic (exact) mass is 432 g/mol. The molecule has 3 aromatic heterocycles. The summed E-state index contributed by atoms with van der Waals surface area (Å²) in [6.07, 6.45) is 7.22. The molecule has 0 radical (unpaired) electrons. The Balaban J connectivity index is 1.41. The van der Waals surface area contributed by atoms with Gasteiger partial charge in [-0.3, -0.25) is 4.68 Å². The average Bonchev–Trinajstić information content (AvgIpc) is 3.40. The quantitative estimate of drug-likeness (QED) is 0.423. The number of aryl methyl sites for hydroxylation is 1. The Morgan fingerprint density at radius 2 is 1.71 bits per heavy atom. The number of hydrogen-bond acceptors (Lipinski definition) is 5. The van der Waals surface area contributed by atoms with Crippen LogP contribution in [0.2, 0.25) is 0 Å². The smallest absolute Gasteiger partial charge is 0.180 e. The molecule has 2 aromatic carbocycles. The summed E-state index contributed by atoms with van der Waals surface area (Å²) in [4.78, 5) is 4.97. The summed E-state index contributed by atoms with van der Waals surface area (Å²) in [5.41, 5.74) is 5.25. The second-order valence-electron chi connectivity index (χ2n) is 6.97.